The van der Waals surface area contributed by atoms with Gasteiger partial charge in [-0.05, 0) is 42.7 Å². The normalized spacial score (nSPS) is 22.0. The third-order valence-corrected chi connectivity index (χ3v) is 5.81. The number of fused-ring (bicyclic) bond motifs is 1. The highest BCUT2D eigenvalue weighted by atomic mass is 16.5. The Balaban J connectivity index is 1.29. The summed E-state index contributed by atoms with van der Waals surface area (Å²) in [5.74, 6) is 0.202. The molecule has 1 aliphatic heterocycles. The van der Waals surface area contributed by atoms with Gasteiger partial charge in [-0.2, -0.15) is 0 Å². The Morgan fingerprint density at radius 1 is 1.14 bits per heavy atom. The lowest BCUT2D eigenvalue weighted by Crippen LogP contribution is -2.25. The quantitative estimate of drug-likeness (QED) is 0.823. The zero-order chi connectivity index (χ0) is 19.5. The Morgan fingerprint density at radius 3 is 2.43 bits per heavy atom. The number of hydrogen-bond donors (Lipinski definition) is 1. The number of benzene rings is 1. The summed E-state index contributed by atoms with van der Waals surface area (Å²) in [6.07, 6.45) is 4.39. The predicted molar refractivity (Wildman–Crippen MR) is 103 cm³/mol. The van der Waals surface area contributed by atoms with Crippen LogP contribution >= 0.6 is 0 Å². The van der Waals surface area contributed by atoms with Crippen molar-refractivity contribution in [3.63, 3.8) is 0 Å². The zero-order valence-corrected chi connectivity index (χ0v) is 15.8. The summed E-state index contributed by atoms with van der Waals surface area (Å²) >= 11 is 0. The summed E-state index contributed by atoms with van der Waals surface area (Å²) in [5, 5.41) is 9.06. The number of carboxylic acids is 1. The Kier molecular flexibility index (Phi) is 5.48. The monoisotopic (exact) mass is 383 g/mol. The van der Waals surface area contributed by atoms with Crippen LogP contribution in [0.15, 0.2) is 45.8 Å². The second-order valence-electron chi connectivity index (χ2n) is 7.86. The summed E-state index contributed by atoms with van der Waals surface area (Å²) in [6.45, 7) is 2.73. The van der Waals surface area contributed by atoms with Gasteiger partial charge in [0.25, 0.3) is 0 Å². The smallest absolute Gasteiger partial charge is 0.306 e. The van der Waals surface area contributed by atoms with Crippen LogP contribution in [0, 0.1) is 11.8 Å². The molecule has 2 heterocycles. The molecule has 1 aromatic heterocycles. The summed E-state index contributed by atoms with van der Waals surface area (Å²) in [7, 11) is 0. The fourth-order valence-electron chi connectivity index (χ4n) is 4.15. The molecule has 1 aromatic carbocycles. The molecule has 6 heteroatoms. The summed E-state index contributed by atoms with van der Waals surface area (Å²) in [6, 6.07) is 9.86. The Bertz CT molecular complexity index is 873. The van der Waals surface area contributed by atoms with Gasteiger partial charge in [0, 0.05) is 19.2 Å². The molecule has 148 valence electrons. The second kappa shape index (κ2) is 8.19. The minimum absolute atomic E-state index is 0.169. The second-order valence-corrected chi connectivity index (χ2v) is 7.86. The van der Waals surface area contributed by atoms with Crippen molar-refractivity contribution < 1.29 is 19.1 Å². The highest BCUT2D eigenvalue weighted by molar-refractivity contribution is 5.69. The van der Waals surface area contributed by atoms with Gasteiger partial charge in [-0.25, -0.2) is 0 Å². The van der Waals surface area contributed by atoms with E-state index in [9.17, 15) is 9.59 Å². The van der Waals surface area contributed by atoms with Crippen LogP contribution in [0.25, 0.3) is 0 Å². The number of aliphatic carboxylic acids is 1. The molecule has 4 rings (SSSR count). The summed E-state index contributed by atoms with van der Waals surface area (Å²) < 4.78 is 11.3. The van der Waals surface area contributed by atoms with E-state index in [1.165, 1.54) is 23.5 Å². The Labute approximate surface area is 163 Å². The van der Waals surface area contributed by atoms with E-state index in [-0.39, 0.29) is 23.0 Å². The minimum Gasteiger partial charge on any atom is -0.486 e. The highest BCUT2D eigenvalue weighted by Gasteiger charge is 2.26. The first-order valence-corrected chi connectivity index (χ1v) is 9.85. The van der Waals surface area contributed by atoms with Crippen molar-refractivity contribution in [2.75, 3.05) is 6.61 Å². The number of rotatable bonds is 6. The van der Waals surface area contributed by atoms with Gasteiger partial charge in [0.1, 0.15) is 12.0 Å². The molecule has 0 bridgehead atoms. The van der Waals surface area contributed by atoms with Crippen LogP contribution in [-0.4, -0.2) is 22.6 Å². The van der Waals surface area contributed by atoms with Gasteiger partial charge >= 0.3 is 5.97 Å². The maximum absolute atomic E-state index is 12.4. The van der Waals surface area contributed by atoms with Crippen LogP contribution in [0.2, 0.25) is 0 Å². The van der Waals surface area contributed by atoms with E-state index < -0.39 is 5.97 Å². The molecule has 0 atom stereocenters. The van der Waals surface area contributed by atoms with Crippen LogP contribution in [0.1, 0.15) is 42.6 Å². The SMILES string of the molecule is O=c1cc(CN2Cc3ccccc3C2)occ1OC[C@H]1CC[C@H](C(=O)O)CC1. The lowest BCUT2D eigenvalue weighted by molar-refractivity contribution is -0.143. The minimum atomic E-state index is -0.711. The molecule has 0 spiro atoms. The molecule has 0 saturated heterocycles. The number of carbonyl (C=O) groups is 1. The largest absolute Gasteiger partial charge is 0.486 e. The predicted octanol–water partition coefficient (Wildman–Crippen LogP) is 3.43. The Morgan fingerprint density at radius 2 is 1.82 bits per heavy atom. The molecule has 28 heavy (non-hydrogen) atoms. The number of hydrogen-bond acceptors (Lipinski definition) is 5. The van der Waals surface area contributed by atoms with Crippen LogP contribution in [0.3, 0.4) is 0 Å². The molecule has 2 aliphatic rings. The summed E-state index contributed by atoms with van der Waals surface area (Å²) in [5.41, 5.74) is 2.47. The average molecular weight is 383 g/mol. The molecular weight excluding hydrogens is 358 g/mol. The molecule has 0 unspecified atom stereocenters. The maximum atomic E-state index is 12.4. The van der Waals surface area contributed by atoms with Gasteiger partial charge in [0.05, 0.1) is 19.1 Å². The van der Waals surface area contributed by atoms with Crippen molar-refractivity contribution >= 4 is 5.97 Å². The molecule has 1 aliphatic carbocycles. The van der Waals surface area contributed by atoms with Crippen molar-refractivity contribution in [2.24, 2.45) is 11.8 Å². The molecule has 0 radical (unpaired) electrons. The molecule has 1 fully saturated rings. The third-order valence-electron chi connectivity index (χ3n) is 5.81. The van der Waals surface area contributed by atoms with Gasteiger partial charge in [-0.3, -0.25) is 14.5 Å². The molecule has 2 aromatic rings. The van der Waals surface area contributed by atoms with E-state index in [2.05, 4.69) is 17.0 Å². The first kappa shape index (κ1) is 18.7. The molecule has 1 N–H and O–H groups in total. The summed E-state index contributed by atoms with van der Waals surface area (Å²) in [4.78, 5) is 25.6. The fraction of sp³-hybridized carbons (Fsp3) is 0.455. The van der Waals surface area contributed by atoms with Gasteiger partial charge in [-0.15, -0.1) is 0 Å². The van der Waals surface area contributed by atoms with E-state index in [0.717, 1.165) is 25.9 Å². The van der Waals surface area contributed by atoms with Crippen LogP contribution in [-0.2, 0) is 24.4 Å². The zero-order valence-electron chi connectivity index (χ0n) is 15.8. The molecule has 6 nitrogen and oxygen atoms in total. The topological polar surface area (TPSA) is 80.0 Å². The molecular formula is C22H25NO5. The van der Waals surface area contributed by atoms with E-state index >= 15 is 0 Å². The third kappa shape index (κ3) is 4.28. The van der Waals surface area contributed by atoms with Crippen molar-refractivity contribution in [2.45, 2.75) is 45.3 Å². The van der Waals surface area contributed by atoms with Gasteiger partial charge in [-0.1, -0.05) is 24.3 Å². The fourth-order valence-corrected chi connectivity index (χ4v) is 4.15. The van der Waals surface area contributed by atoms with Crippen LogP contribution < -0.4 is 10.2 Å². The lowest BCUT2D eigenvalue weighted by atomic mass is 9.82. The van der Waals surface area contributed by atoms with E-state index in [1.54, 1.807) is 0 Å². The standard InChI is InChI=1S/C22H25NO5/c24-20-9-19(12-23-10-17-3-1-2-4-18(17)11-23)27-14-21(20)28-13-15-5-7-16(8-6-15)22(25)26/h1-4,9,14-16H,5-8,10-13H2,(H,25,26)/t15-,16-. The van der Waals surface area contributed by atoms with Crippen LogP contribution in [0.4, 0.5) is 0 Å². The van der Waals surface area contributed by atoms with Gasteiger partial charge in [0.2, 0.25) is 11.2 Å². The van der Waals surface area contributed by atoms with Crippen molar-refractivity contribution in [1.29, 1.82) is 0 Å². The van der Waals surface area contributed by atoms with Crippen molar-refractivity contribution in [3.8, 4) is 5.75 Å². The first-order chi connectivity index (χ1) is 13.6. The maximum Gasteiger partial charge on any atom is 0.306 e. The van der Waals surface area contributed by atoms with Crippen molar-refractivity contribution in [1.82, 2.24) is 4.90 Å². The number of ether oxygens (including phenoxy) is 1. The molecule has 1 saturated carbocycles. The number of carboxylic acid groups (broad SMARTS) is 1. The highest BCUT2D eigenvalue weighted by Crippen LogP contribution is 2.29. The van der Waals surface area contributed by atoms with E-state index in [1.807, 2.05) is 12.1 Å². The van der Waals surface area contributed by atoms with Crippen molar-refractivity contribution in [3.05, 3.63) is 63.7 Å². The molecule has 0 amide bonds. The first-order valence-electron chi connectivity index (χ1n) is 9.85. The lowest BCUT2D eigenvalue weighted by Gasteiger charge is -2.25. The average Bonchev–Trinajstić information content (AvgIpc) is 3.10. The van der Waals surface area contributed by atoms with Gasteiger partial charge < -0.3 is 14.3 Å². The van der Waals surface area contributed by atoms with Crippen LogP contribution in [0.5, 0.6) is 5.75 Å². The Hall–Kier alpha value is -2.60. The van der Waals surface area contributed by atoms with E-state index in [0.29, 0.717) is 31.8 Å². The number of nitrogens with zero attached hydrogens (tertiary/aromatic N) is 1. The van der Waals surface area contributed by atoms with E-state index in [4.69, 9.17) is 14.3 Å². The van der Waals surface area contributed by atoms with Gasteiger partial charge in [0.15, 0.2) is 0 Å².